The van der Waals surface area contributed by atoms with E-state index < -0.39 is 5.82 Å². The third kappa shape index (κ3) is 5.08. The molecule has 1 nitrogen and oxygen atoms in total. The molecule has 1 aliphatic carbocycles. The van der Waals surface area contributed by atoms with E-state index in [1.54, 1.807) is 6.07 Å². The summed E-state index contributed by atoms with van der Waals surface area (Å²) in [7, 11) is 0. The number of nitrogens with zero attached hydrogens (tertiary/aromatic N) is 1. The lowest BCUT2D eigenvalue weighted by Gasteiger charge is -2.20. The van der Waals surface area contributed by atoms with Gasteiger partial charge in [0.15, 0.2) is 0 Å². The van der Waals surface area contributed by atoms with Gasteiger partial charge in [0.1, 0.15) is 11.9 Å². The van der Waals surface area contributed by atoms with E-state index in [1.807, 2.05) is 6.07 Å². The molecule has 0 heterocycles. The summed E-state index contributed by atoms with van der Waals surface area (Å²) in [5.74, 6) is 6.24. The standard InChI is InChI=1S/C25H24FN/c1-2-3-4-19-7-12-22(13-8-19)23-14-9-20(10-15-23)5-6-21-11-16-24(18-27)25(26)17-21/h7-9,11-13,16-17,23H,2-4,10,14-15H2,1H3. The molecule has 0 spiro atoms. The number of benzene rings is 2. The zero-order valence-corrected chi connectivity index (χ0v) is 15.8. The number of hydrogen-bond acceptors (Lipinski definition) is 1. The van der Waals surface area contributed by atoms with Crippen molar-refractivity contribution in [3.63, 3.8) is 0 Å². The fourth-order valence-electron chi connectivity index (χ4n) is 3.42. The first-order valence-electron chi connectivity index (χ1n) is 9.69. The van der Waals surface area contributed by atoms with E-state index in [4.69, 9.17) is 5.26 Å². The Morgan fingerprint density at radius 2 is 1.93 bits per heavy atom. The minimum absolute atomic E-state index is 0.0565. The Balaban J connectivity index is 1.62. The lowest BCUT2D eigenvalue weighted by atomic mass is 9.84. The number of hydrogen-bond donors (Lipinski definition) is 0. The summed E-state index contributed by atoms with van der Waals surface area (Å²) in [6.07, 6.45) is 8.90. The van der Waals surface area contributed by atoms with E-state index in [2.05, 4.69) is 49.1 Å². The minimum atomic E-state index is -0.510. The Morgan fingerprint density at radius 3 is 2.56 bits per heavy atom. The molecule has 0 radical (unpaired) electrons. The smallest absolute Gasteiger partial charge is 0.142 e. The second kappa shape index (κ2) is 9.20. The molecular formula is C25H24FN. The van der Waals surface area contributed by atoms with E-state index in [-0.39, 0.29) is 5.56 Å². The maximum Gasteiger partial charge on any atom is 0.142 e. The van der Waals surface area contributed by atoms with Crippen molar-refractivity contribution in [2.24, 2.45) is 0 Å². The average Bonchev–Trinajstić information content (AvgIpc) is 2.71. The Labute approximate surface area is 161 Å². The highest BCUT2D eigenvalue weighted by Gasteiger charge is 2.15. The molecule has 1 atom stereocenters. The van der Waals surface area contributed by atoms with Gasteiger partial charge in [0.2, 0.25) is 0 Å². The molecule has 3 rings (SSSR count). The fourth-order valence-corrected chi connectivity index (χ4v) is 3.42. The van der Waals surface area contributed by atoms with Crippen molar-refractivity contribution in [3.8, 4) is 17.9 Å². The molecule has 136 valence electrons. The summed E-state index contributed by atoms with van der Waals surface area (Å²) < 4.78 is 13.6. The molecular weight excluding hydrogens is 333 g/mol. The highest BCUT2D eigenvalue weighted by Crippen LogP contribution is 2.32. The van der Waals surface area contributed by atoms with E-state index in [1.165, 1.54) is 36.1 Å². The van der Waals surface area contributed by atoms with E-state index in [9.17, 15) is 4.39 Å². The van der Waals surface area contributed by atoms with Gasteiger partial charge in [0, 0.05) is 5.56 Å². The van der Waals surface area contributed by atoms with Crippen LogP contribution in [-0.4, -0.2) is 0 Å². The largest absolute Gasteiger partial charge is 0.206 e. The van der Waals surface area contributed by atoms with Crippen LogP contribution in [0.2, 0.25) is 0 Å². The van der Waals surface area contributed by atoms with E-state index in [0.29, 0.717) is 11.5 Å². The molecule has 2 heteroatoms. The predicted octanol–water partition coefficient (Wildman–Crippen LogP) is 6.29. The maximum atomic E-state index is 13.6. The second-order valence-corrected chi connectivity index (χ2v) is 7.10. The molecule has 2 aromatic carbocycles. The second-order valence-electron chi connectivity index (χ2n) is 7.10. The molecule has 0 fully saturated rings. The molecule has 27 heavy (non-hydrogen) atoms. The van der Waals surface area contributed by atoms with Gasteiger partial charge in [-0.1, -0.05) is 55.5 Å². The molecule has 0 N–H and O–H groups in total. The van der Waals surface area contributed by atoms with Crippen LogP contribution in [-0.2, 0) is 6.42 Å². The van der Waals surface area contributed by atoms with Crippen LogP contribution in [0.25, 0.3) is 0 Å². The van der Waals surface area contributed by atoms with Crippen molar-refractivity contribution in [1.29, 1.82) is 5.26 Å². The quantitative estimate of drug-likeness (QED) is 0.590. The van der Waals surface area contributed by atoms with Crippen molar-refractivity contribution < 1.29 is 4.39 Å². The van der Waals surface area contributed by atoms with Crippen LogP contribution < -0.4 is 0 Å². The summed E-state index contributed by atoms with van der Waals surface area (Å²) in [5, 5.41) is 8.78. The predicted molar refractivity (Wildman–Crippen MR) is 108 cm³/mol. The van der Waals surface area contributed by atoms with Gasteiger partial charge in [-0.3, -0.25) is 0 Å². The van der Waals surface area contributed by atoms with Gasteiger partial charge in [0.05, 0.1) is 5.56 Å². The molecule has 2 aromatic rings. The Morgan fingerprint density at radius 1 is 1.11 bits per heavy atom. The van der Waals surface area contributed by atoms with Crippen LogP contribution in [0.4, 0.5) is 4.39 Å². The van der Waals surface area contributed by atoms with Gasteiger partial charge in [-0.15, -0.1) is 0 Å². The van der Waals surface area contributed by atoms with Crippen molar-refractivity contribution in [1.82, 2.24) is 0 Å². The highest BCUT2D eigenvalue weighted by molar-refractivity contribution is 5.45. The van der Waals surface area contributed by atoms with Crippen LogP contribution in [0.5, 0.6) is 0 Å². The zero-order valence-electron chi connectivity index (χ0n) is 15.8. The van der Waals surface area contributed by atoms with Gasteiger partial charge >= 0.3 is 0 Å². The van der Waals surface area contributed by atoms with Crippen molar-refractivity contribution in [3.05, 3.63) is 82.2 Å². The Hall–Kier alpha value is -2.84. The van der Waals surface area contributed by atoms with Gasteiger partial charge in [-0.05, 0) is 72.9 Å². The number of rotatable bonds is 4. The van der Waals surface area contributed by atoms with Crippen LogP contribution in [0.15, 0.2) is 54.1 Å². The SMILES string of the molecule is CCCCc1ccc(C2CC=C(C#Cc3ccc(C#N)c(F)c3)CC2)cc1. The van der Waals surface area contributed by atoms with Crippen molar-refractivity contribution in [2.45, 2.75) is 51.4 Å². The Bertz CT molecular complexity index is 920. The van der Waals surface area contributed by atoms with Crippen LogP contribution >= 0.6 is 0 Å². The van der Waals surface area contributed by atoms with Crippen LogP contribution in [0.1, 0.15) is 67.2 Å². The van der Waals surface area contributed by atoms with Gasteiger partial charge in [-0.25, -0.2) is 4.39 Å². The van der Waals surface area contributed by atoms with Crippen LogP contribution in [0, 0.1) is 29.0 Å². The molecule has 1 aliphatic rings. The Kier molecular flexibility index (Phi) is 6.45. The molecule has 1 unspecified atom stereocenters. The first-order valence-corrected chi connectivity index (χ1v) is 9.69. The molecule has 0 aromatic heterocycles. The normalized spacial score (nSPS) is 16.0. The summed E-state index contributed by atoms with van der Waals surface area (Å²) in [6.45, 7) is 2.22. The van der Waals surface area contributed by atoms with E-state index >= 15 is 0 Å². The summed E-state index contributed by atoms with van der Waals surface area (Å²) in [4.78, 5) is 0. The fraction of sp³-hybridized carbons (Fsp3) is 0.320. The number of unbranched alkanes of at least 4 members (excludes halogenated alkanes) is 1. The van der Waals surface area contributed by atoms with E-state index in [0.717, 1.165) is 31.3 Å². The molecule has 0 amide bonds. The molecule has 0 bridgehead atoms. The monoisotopic (exact) mass is 357 g/mol. The van der Waals surface area contributed by atoms with Gasteiger partial charge in [-0.2, -0.15) is 5.26 Å². The minimum Gasteiger partial charge on any atom is -0.206 e. The van der Waals surface area contributed by atoms with Crippen molar-refractivity contribution >= 4 is 0 Å². The number of aryl methyl sites for hydroxylation is 1. The van der Waals surface area contributed by atoms with Gasteiger partial charge in [0.25, 0.3) is 0 Å². The summed E-state index contributed by atoms with van der Waals surface area (Å²) in [6, 6.07) is 15.4. The van der Waals surface area contributed by atoms with Crippen LogP contribution in [0.3, 0.4) is 0 Å². The number of halogens is 1. The lowest BCUT2D eigenvalue weighted by molar-refractivity contribution is 0.607. The number of nitriles is 1. The third-order valence-corrected chi connectivity index (χ3v) is 5.14. The van der Waals surface area contributed by atoms with Gasteiger partial charge < -0.3 is 0 Å². The molecule has 0 saturated heterocycles. The number of allylic oxidation sites excluding steroid dienone is 2. The first kappa shape index (κ1) is 18.9. The first-order chi connectivity index (χ1) is 13.2. The molecule has 0 saturated carbocycles. The zero-order chi connectivity index (χ0) is 19.1. The molecule has 0 aliphatic heterocycles. The highest BCUT2D eigenvalue weighted by atomic mass is 19.1. The maximum absolute atomic E-state index is 13.6. The lowest BCUT2D eigenvalue weighted by Crippen LogP contribution is -2.04. The topological polar surface area (TPSA) is 23.8 Å². The average molecular weight is 357 g/mol. The summed E-state index contributed by atoms with van der Waals surface area (Å²) >= 11 is 0. The van der Waals surface area contributed by atoms with Crippen molar-refractivity contribution in [2.75, 3.05) is 0 Å². The third-order valence-electron chi connectivity index (χ3n) is 5.14. The summed E-state index contributed by atoms with van der Waals surface area (Å²) in [5.41, 5.74) is 4.62.